The van der Waals surface area contributed by atoms with Crippen LogP contribution in [0.3, 0.4) is 0 Å². The third-order valence-corrected chi connectivity index (χ3v) is 3.35. The molecule has 3 rings (SSSR count). The van der Waals surface area contributed by atoms with Gasteiger partial charge in [0.15, 0.2) is 5.57 Å². The highest BCUT2D eigenvalue weighted by atomic mass is 16.7. The predicted octanol–water partition coefficient (Wildman–Crippen LogP) is 2.06. The van der Waals surface area contributed by atoms with E-state index in [1.54, 1.807) is 12.5 Å². The number of rotatable bonds is 4. The van der Waals surface area contributed by atoms with Gasteiger partial charge in [-0.15, -0.1) is 0 Å². The Balaban J connectivity index is 1.72. The fourth-order valence-corrected chi connectivity index (χ4v) is 2.28. The molecule has 7 heteroatoms. The molecule has 0 bridgehead atoms. The van der Waals surface area contributed by atoms with Crippen molar-refractivity contribution in [3.05, 3.63) is 60.3 Å². The summed E-state index contributed by atoms with van der Waals surface area (Å²) < 4.78 is 12.0. The quantitative estimate of drug-likeness (QED) is 0.526. The lowest BCUT2D eigenvalue weighted by Crippen LogP contribution is -2.42. The van der Waals surface area contributed by atoms with Crippen LogP contribution in [0.1, 0.15) is 19.4 Å². The van der Waals surface area contributed by atoms with Crippen molar-refractivity contribution in [3.63, 3.8) is 0 Å². The zero-order chi connectivity index (χ0) is 17.2. The second-order valence-electron chi connectivity index (χ2n) is 5.82. The maximum absolute atomic E-state index is 11.9. The molecule has 2 aromatic rings. The SMILES string of the molecule is CC1(C)OC(=O)C(=CNc2cccc(Cn3ccnc3)c2)C(=O)O1. The second kappa shape index (κ2) is 6.19. The number of ether oxygens (including phenoxy) is 2. The molecule has 2 heterocycles. The normalized spacial score (nSPS) is 16.3. The number of aromatic nitrogens is 2. The molecule has 124 valence electrons. The van der Waals surface area contributed by atoms with E-state index in [9.17, 15) is 9.59 Å². The number of carbonyl (C=O) groups excluding carboxylic acids is 2. The number of esters is 2. The van der Waals surface area contributed by atoms with Crippen molar-refractivity contribution in [3.8, 4) is 0 Å². The molecule has 1 fully saturated rings. The average molecular weight is 327 g/mol. The van der Waals surface area contributed by atoms with Crippen LogP contribution in [0.2, 0.25) is 0 Å². The van der Waals surface area contributed by atoms with Gasteiger partial charge >= 0.3 is 11.9 Å². The van der Waals surface area contributed by atoms with Gasteiger partial charge in [0.25, 0.3) is 5.79 Å². The molecule has 0 aliphatic carbocycles. The van der Waals surface area contributed by atoms with E-state index < -0.39 is 17.7 Å². The van der Waals surface area contributed by atoms with E-state index in [0.717, 1.165) is 11.3 Å². The molecule has 1 aliphatic rings. The Morgan fingerprint density at radius 3 is 2.67 bits per heavy atom. The summed E-state index contributed by atoms with van der Waals surface area (Å²) in [6.07, 6.45) is 6.63. The molecule has 0 amide bonds. The minimum atomic E-state index is -1.24. The molecule has 0 spiro atoms. The van der Waals surface area contributed by atoms with Crippen LogP contribution in [-0.4, -0.2) is 27.3 Å². The van der Waals surface area contributed by atoms with Gasteiger partial charge in [0.1, 0.15) is 0 Å². The molecule has 1 aliphatic heterocycles. The molecule has 7 nitrogen and oxygen atoms in total. The highest BCUT2D eigenvalue weighted by Gasteiger charge is 2.38. The third kappa shape index (κ3) is 3.62. The Labute approximate surface area is 138 Å². The molecular weight excluding hydrogens is 310 g/mol. The van der Waals surface area contributed by atoms with Crippen molar-refractivity contribution in [1.29, 1.82) is 0 Å². The van der Waals surface area contributed by atoms with Crippen molar-refractivity contribution in [1.82, 2.24) is 9.55 Å². The van der Waals surface area contributed by atoms with Gasteiger partial charge in [0.2, 0.25) is 0 Å². The lowest BCUT2D eigenvalue weighted by Gasteiger charge is -2.29. The molecule has 0 saturated carbocycles. The summed E-state index contributed by atoms with van der Waals surface area (Å²) in [5.74, 6) is -2.66. The first-order valence-electron chi connectivity index (χ1n) is 7.41. The maximum atomic E-state index is 11.9. The summed E-state index contributed by atoms with van der Waals surface area (Å²) in [4.78, 5) is 27.8. The monoisotopic (exact) mass is 327 g/mol. The standard InChI is InChI=1S/C17H17N3O4/c1-17(2)23-15(21)14(16(22)24-17)9-19-13-5-3-4-12(8-13)10-20-7-6-18-11-20/h3-9,11,19H,10H2,1-2H3. The minimum Gasteiger partial charge on any atom is -0.419 e. The summed E-state index contributed by atoms with van der Waals surface area (Å²) in [5.41, 5.74) is 1.62. The van der Waals surface area contributed by atoms with Crippen molar-refractivity contribution < 1.29 is 19.1 Å². The van der Waals surface area contributed by atoms with Gasteiger partial charge in [-0.05, 0) is 17.7 Å². The Morgan fingerprint density at radius 1 is 1.25 bits per heavy atom. The van der Waals surface area contributed by atoms with Crippen molar-refractivity contribution >= 4 is 17.6 Å². The number of imidazole rings is 1. The van der Waals surface area contributed by atoms with E-state index in [2.05, 4.69) is 10.3 Å². The Hall–Kier alpha value is -3.09. The van der Waals surface area contributed by atoms with Crippen LogP contribution in [0.15, 0.2) is 54.8 Å². The van der Waals surface area contributed by atoms with Crippen LogP contribution < -0.4 is 5.32 Å². The van der Waals surface area contributed by atoms with E-state index in [1.807, 2.05) is 35.0 Å². The van der Waals surface area contributed by atoms with E-state index in [0.29, 0.717) is 6.54 Å². The lowest BCUT2D eigenvalue weighted by molar-refractivity contribution is -0.222. The number of nitrogens with one attached hydrogen (secondary N) is 1. The number of benzene rings is 1. The van der Waals surface area contributed by atoms with Gasteiger partial charge in [-0.25, -0.2) is 14.6 Å². The first-order chi connectivity index (χ1) is 11.4. The highest BCUT2D eigenvalue weighted by Crippen LogP contribution is 2.22. The molecule has 1 aromatic heterocycles. The summed E-state index contributed by atoms with van der Waals surface area (Å²) in [6, 6.07) is 7.61. The molecule has 24 heavy (non-hydrogen) atoms. The predicted molar refractivity (Wildman–Crippen MR) is 85.7 cm³/mol. The number of carbonyl (C=O) groups is 2. The zero-order valence-electron chi connectivity index (χ0n) is 13.4. The van der Waals surface area contributed by atoms with Crippen molar-refractivity contribution in [2.45, 2.75) is 26.2 Å². The number of hydrogen-bond donors (Lipinski definition) is 1. The van der Waals surface area contributed by atoms with Gasteiger partial charge in [-0.2, -0.15) is 0 Å². The average Bonchev–Trinajstić information content (AvgIpc) is 2.98. The number of hydrogen-bond acceptors (Lipinski definition) is 6. The molecule has 1 N–H and O–H groups in total. The van der Waals surface area contributed by atoms with Crippen LogP contribution in [-0.2, 0) is 25.6 Å². The second-order valence-corrected chi connectivity index (χ2v) is 5.82. The largest absolute Gasteiger partial charge is 0.419 e. The van der Waals surface area contributed by atoms with Gasteiger partial charge in [-0.3, -0.25) is 0 Å². The Morgan fingerprint density at radius 2 is 2.00 bits per heavy atom. The number of nitrogens with zero attached hydrogens (tertiary/aromatic N) is 2. The summed E-state index contributed by atoms with van der Waals surface area (Å²) in [7, 11) is 0. The van der Waals surface area contributed by atoms with Gasteiger partial charge < -0.3 is 19.4 Å². The molecule has 0 radical (unpaired) electrons. The lowest BCUT2D eigenvalue weighted by atomic mass is 10.2. The Bertz CT molecular complexity index is 772. The first-order valence-corrected chi connectivity index (χ1v) is 7.41. The molecule has 0 unspecified atom stereocenters. The fourth-order valence-electron chi connectivity index (χ4n) is 2.28. The van der Waals surface area contributed by atoms with E-state index >= 15 is 0 Å². The highest BCUT2D eigenvalue weighted by molar-refractivity contribution is 6.15. The molecule has 1 aromatic carbocycles. The van der Waals surface area contributed by atoms with Crippen molar-refractivity contribution in [2.24, 2.45) is 0 Å². The molecular formula is C17H17N3O4. The van der Waals surface area contributed by atoms with Crippen LogP contribution in [0.5, 0.6) is 0 Å². The third-order valence-electron chi connectivity index (χ3n) is 3.35. The van der Waals surface area contributed by atoms with Crippen LogP contribution >= 0.6 is 0 Å². The summed E-state index contributed by atoms with van der Waals surface area (Å²) >= 11 is 0. The Kier molecular flexibility index (Phi) is 4.07. The molecule has 1 saturated heterocycles. The topological polar surface area (TPSA) is 82.5 Å². The van der Waals surface area contributed by atoms with Gasteiger partial charge in [0.05, 0.1) is 6.33 Å². The smallest absolute Gasteiger partial charge is 0.350 e. The number of cyclic esters (lactones) is 2. The molecule has 0 atom stereocenters. The van der Waals surface area contributed by atoms with Crippen LogP contribution in [0.4, 0.5) is 5.69 Å². The summed E-state index contributed by atoms with van der Waals surface area (Å²) in [5, 5.41) is 2.93. The fraction of sp³-hybridized carbons (Fsp3) is 0.235. The zero-order valence-corrected chi connectivity index (χ0v) is 13.4. The van der Waals surface area contributed by atoms with Gasteiger partial charge in [0, 0.05) is 44.7 Å². The number of anilines is 1. The van der Waals surface area contributed by atoms with Gasteiger partial charge in [-0.1, -0.05) is 12.1 Å². The van der Waals surface area contributed by atoms with E-state index in [4.69, 9.17) is 9.47 Å². The van der Waals surface area contributed by atoms with Crippen LogP contribution in [0, 0.1) is 0 Å². The van der Waals surface area contributed by atoms with E-state index in [-0.39, 0.29) is 5.57 Å². The minimum absolute atomic E-state index is 0.172. The van der Waals surface area contributed by atoms with Crippen molar-refractivity contribution in [2.75, 3.05) is 5.32 Å². The van der Waals surface area contributed by atoms with Crippen LogP contribution in [0.25, 0.3) is 0 Å². The van der Waals surface area contributed by atoms with E-state index in [1.165, 1.54) is 20.0 Å². The first kappa shape index (κ1) is 15.8. The summed E-state index contributed by atoms with van der Waals surface area (Å²) in [6.45, 7) is 3.68. The maximum Gasteiger partial charge on any atom is 0.350 e.